The third-order valence-corrected chi connectivity index (χ3v) is 5.61. The molecule has 23 heavy (non-hydrogen) atoms. The van der Waals surface area contributed by atoms with Gasteiger partial charge in [-0.15, -0.1) is 10.2 Å². The van der Waals surface area contributed by atoms with Gasteiger partial charge in [0.05, 0.1) is 7.11 Å². The first kappa shape index (κ1) is 14.8. The molecule has 3 heterocycles. The van der Waals surface area contributed by atoms with Crippen LogP contribution in [0.25, 0.3) is 0 Å². The average Bonchev–Trinajstić information content (AvgIpc) is 3.16. The number of aromatic nitrogens is 3. The van der Waals surface area contributed by atoms with Gasteiger partial charge in [0.1, 0.15) is 16.2 Å². The third kappa shape index (κ3) is 2.27. The monoisotopic (exact) mass is 358 g/mol. The van der Waals surface area contributed by atoms with E-state index in [0.717, 1.165) is 10.2 Å². The van der Waals surface area contributed by atoms with E-state index in [4.69, 9.17) is 4.74 Å². The van der Waals surface area contributed by atoms with E-state index >= 15 is 0 Å². The number of ether oxygens (including phenoxy) is 1. The van der Waals surface area contributed by atoms with Crippen LogP contribution in [-0.4, -0.2) is 22.0 Å². The average molecular weight is 358 g/mol. The Balaban J connectivity index is 1.75. The molecule has 1 atom stereocenters. The number of halogens is 3. The van der Waals surface area contributed by atoms with E-state index in [1.165, 1.54) is 23.5 Å². The summed E-state index contributed by atoms with van der Waals surface area (Å²) in [5, 5.41) is 11.0. The SMILES string of the molecule is COc1ccc(C2SC=C3Sc4nnc(C(F)(F)F)n4N32)cc1. The molecule has 1 aromatic carbocycles. The number of rotatable bonds is 2. The first-order valence-corrected chi connectivity index (χ1v) is 8.24. The molecule has 0 N–H and O–H groups in total. The molecule has 0 bridgehead atoms. The van der Waals surface area contributed by atoms with Crippen molar-refractivity contribution in [3.63, 3.8) is 0 Å². The van der Waals surface area contributed by atoms with Gasteiger partial charge in [-0.25, -0.2) is 4.68 Å². The molecule has 0 saturated heterocycles. The molecule has 2 aromatic rings. The number of alkyl halides is 3. The first-order chi connectivity index (χ1) is 11.0. The Labute approximate surface area is 137 Å². The van der Waals surface area contributed by atoms with Gasteiger partial charge in [0.15, 0.2) is 0 Å². The van der Waals surface area contributed by atoms with E-state index in [-0.39, 0.29) is 10.5 Å². The highest BCUT2D eigenvalue weighted by molar-refractivity contribution is 8.07. The molecule has 2 aliphatic rings. The Morgan fingerprint density at radius 2 is 1.91 bits per heavy atom. The zero-order valence-electron chi connectivity index (χ0n) is 11.6. The highest BCUT2D eigenvalue weighted by Crippen LogP contribution is 2.52. The molecule has 10 heteroatoms. The van der Waals surface area contributed by atoms with Crippen molar-refractivity contribution in [1.82, 2.24) is 14.9 Å². The largest absolute Gasteiger partial charge is 0.497 e. The molecule has 5 nitrogen and oxygen atoms in total. The molecular formula is C13H9F3N4OS2. The molecule has 1 unspecified atom stereocenters. The fourth-order valence-corrected chi connectivity index (χ4v) is 4.63. The van der Waals surface area contributed by atoms with Crippen molar-refractivity contribution in [2.75, 3.05) is 12.1 Å². The first-order valence-electron chi connectivity index (χ1n) is 6.48. The minimum atomic E-state index is -4.56. The van der Waals surface area contributed by atoms with Crippen LogP contribution in [0.4, 0.5) is 13.2 Å². The second-order valence-corrected chi connectivity index (χ2v) is 6.72. The van der Waals surface area contributed by atoms with Crippen LogP contribution >= 0.6 is 23.5 Å². The fraction of sp³-hybridized carbons (Fsp3) is 0.231. The van der Waals surface area contributed by atoms with Crippen LogP contribution in [0.15, 0.2) is 39.9 Å². The van der Waals surface area contributed by atoms with Crippen LogP contribution in [0.1, 0.15) is 16.8 Å². The summed E-state index contributed by atoms with van der Waals surface area (Å²) >= 11 is 2.63. The van der Waals surface area contributed by atoms with Gasteiger partial charge >= 0.3 is 6.18 Å². The zero-order chi connectivity index (χ0) is 16.2. The minimum Gasteiger partial charge on any atom is -0.497 e. The lowest BCUT2D eigenvalue weighted by Gasteiger charge is -2.26. The number of methoxy groups -OCH3 is 1. The number of nitrogens with zero attached hydrogens (tertiary/aromatic N) is 4. The summed E-state index contributed by atoms with van der Waals surface area (Å²) in [6.07, 6.45) is -4.56. The number of hydrogen-bond acceptors (Lipinski definition) is 6. The predicted molar refractivity (Wildman–Crippen MR) is 80.5 cm³/mol. The fourth-order valence-electron chi connectivity index (χ4n) is 2.41. The maximum atomic E-state index is 13.2. The third-order valence-electron chi connectivity index (χ3n) is 3.42. The van der Waals surface area contributed by atoms with Crippen molar-refractivity contribution < 1.29 is 17.9 Å². The van der Waals surface area contributed by atoms with Gasteiger partial charge in [-0.2, -0.15) is 13.2 Å². The standard InChI is InChI=1S/C13H9F3N4OS2/c1-21-8-4-2-7(3-5-8)10-19-9(6-22-10)23-12-18-17-11(20(12)19)13(14,15)16/h2-6,10H,1H3. The Bertz CT molecular complexity index is 788. The maximum Gasteiger partial charge on any atom is 0.453 e. The normalized spacial score (nSPS) is 19.6. The second-order valence-electron chi connectivity index (χ2n) is 4.78. The molecule has 0 spiro atoms. The van der Waals surface area contributed by atoms with Crippen LogP contribution in [0.2, 0.25) is 0 Å². The summed E-state index contributed by atoms with van der Waals surface area (Å²) in [7, 11) is 1.56. The topological polar surface area (TPSA) is 43.2 Å². The minimum absolute atomic E-state index is 0.224. The van der Waals surface area contributed by atoms with Crippen molar-refractivity contribution in [3.8, 4) is 5.75 Å². The lowest BCUT2D eigenvalue weighted by atomic mass is 10.2. The Morgan fingerprint density at radius 1 is 1.17 bits per heavy atom. The van der Waals surface area contributed by atoms with Crippen LogP contribution in [0, 0.1) is 0 Å². The molecule has 0 saturated carbocycles. The molecule has 1 aromatic heterocycles. The van der Waals surface area contributed by atoms with Crippen molar-refractivity contribution in [2.45, 2.75) is 16.7 Å². The van der Waals surface area contributed by atoms with E-state index in [9.17, 15) is 13.2 Å². The smallest absolute Gasteiger partial charge is 0.453 e. The summed E-state index contributed by atoms with van der Waals surface area (Å²) < 4.78 is 45.6. The van der Waals surface area contributed by atoms with E-state index in [2.05, 4.69) is 10.2 Å². The maximum absolute atomic E-state index is 13.2. The summed E-state index contributed by atoms with van der Waals surface area (Å²) in [5.74, 6) is -0.314. The van der Waals surface area contributed by atoms with Crippen LogP contribution in [-0.2, 0) is 6.18 Å². The molecular weight excluding hydrogens is 349 g/mol. The molecule has 2 aliphatic heterocycles. The molecule has 0 amide bonds. The summed E-state index contributed by atoms with van der Waals surface area (Å²) in [6, 6.07) is 7.25. The number of fused-ring (bicyclic) bond motifs is 3. The Morgan fingerprint density at radius 3 is 2.57 bits per heavy atom. The second kappa shape index (κ2) is 5.10. The quantitative estimate of drug-likeness (QED) is 0.817. The molecule has 0 aliphatic carbocycles. The lowest BCUT2D eigenvalue weighted by Crippen LogP contribution is -2.33. The van der Waals surface area contributed by atoms with Crippen molar-refractivity contribution in [2.24, 2.45) is 0 Å². The van der Waals surface area contributed by atoms with Gasteiger partial charge in [-0.05, 0) is 29.5 Å². The van der Waals surface area contributed by atoms with E-state index in [1.54, 1.807) is 24.3 Å². The van der Waals surface area contributed by atoms with Gasteiger partial charge in [0.2, 0.25) is 5.16 Å². The lowest BCUT2D eigenvalue weighted by molar-refractivity contribution is -0.147. The molecule has 0 fully saturated rings. The van der Waals surface area contributed by atoms with Crippen LogP contribution < -0.4 is 9.75 Å². The molecule has 0 radical (unpaired) electrons. The van der Waals surface area contributed by atoms with Gasteiger partial charge in [0.25, 0.3) is 5.82 Å². The highest BCUT2D eigenvalue weighted by atomic mass is 32.2. The van der Waals surface area contributed by atoms with E-state index < -0.39 is 12.0 Å². The summed E-state index contributed by atoms with van der Waals surface area (Å²) in [5.41, 5.74) is 0.873. The van der Waals surface area contributed by atoms with E-state index in [1.807, 2.05) is 17.5 Å². The molecule has 120 valence electrons. The Hall–Kier alpha value is -1.81. The predicted octanol–water partition coefficient (Wildman–Crippen LogP) is 3.59. The highest BCUT2D eigenvalue weighted by Gasteiger charge is 2.46. The van der Waals surface area contributed by atoms with E-state index in [0.29, 0.717) is 10.8 Å². The zero-order valence-corrected chi connectivity index (χ0v) is 13.2. The number of thioether (sulfide) groups is 2. The Kier molecular flexibility index (Phi) is 3.27. The van der Waals surface area contributed by atoms with Crippen LogP contribution in [0.5, 0.6) is 5.75 Å². The van der Waals surface area contributed by atoms with Crippen LogP contribution in [0.3, 0.4) is 0 Å². The van der Waals surface area contributed by atoms with Gasteiger partial charge in [0, 0.05) is 5.41 Å². The number of benzene rings is 1. The van der Waals surface area contributed by atoms with Crippen molar-refractivity contribution in [1.29, 1.82) is 0 Å². The van der Waals surface area contributed by atoms with Gasteiger partial charge in [-0.3, -0.25) is 5.01 Å². The van der Waals surface area contributed by atoms with Gasteiger partial charge in [-0.1, -0.05) is 23.9 Å². The van der Waals surface area contributed by atoms with Gasteiger partial charge < -0.3 is 4.74 Å². The molecule has 4 rings (SSSR count). The summed E-state index contributed by atoms with van der Waals surface area (Å²) in [6.45, 7) is 0. The van der Waals surface area contributed by atoms with Crippen molar-refractivity contribution in [3.05, 3.63) is 46.1 Å². The van der Waals surface area contributed by atoms with Crippen molar-refractivity contribution >= 4 is 23.5 Å². The summed E-state index contributed by atoms with van der Waals surface area (Å²) in [4.78, 5) is 0. The number of hydrogen-bond donors (Lipinski definition) is 0.